The first kappa shape index (κ1) is 10.1. The number of benzene rings is 1. The topological polar surface area (TPSA) is 52.0 Å². The SMILES string of the molecule is CC(C)C(C)(N)c1ccc(N)cc1. The molecule has 0 bridgehead atoms. The van der Waals surface area contributed by atoms with E-state index in [4.69, 9.17) is 11.5 Å². The summed E-state index contributed by atoms with van der Waals surface area (Å²) in [7, 11) is 0. The van der Waals surface area contributed by atoms with Crippen molar-refractivity contribution in [3.05, 3.63) is 29.8 Å². The van der Waals surface area contributed by atoms with E-state index in [9.17, 15) is 0 Å². The summed E-state index contributed by atoms with van der Waals surface area (Å²) in [5.41, 5.74) is 13.4. The molecular formula is C11H18N2. The maximum atomic E-state index is 6.19. The summed E-state index contributed by atoms with van der Waals surface area (Å²) in [5, 5.41) is 0. The molecule has 0 spiro atoms. The quantitative estimate of drug-likeness (QED) is 0.681. The molecule has 0 amide bonds. The van der Waals surface area contributed by atoms with E-state index < -0.39 is 0 Å². The van der Waals surface area contributed by atoms with Crippen molar-refractivity contribution in [1.82, 2.24) is 0 Å². The Bertz CT molecular complexity index is 273. The van der Waals surface area contributed by atoms with Crippen molar-refractivity contribution in [1.29, 1.82) is 0 Å². The van der Waals surface area contributed by atoms with Gasteiger partial charge in [-0.1, -0.05) is 26.0 Å². The van der Waals surface area contributed by atoms with Crippen LogP contribution in [0.15, 0.2) is 24.3 Å². The summed E-state index contributed by atoms with van der Waals surface area (Å²) >= 11 is 0. The van der Waals surface area contributed by atoms with Crippen molar-refractivity contribution in [3.63, 3.8) is 0 Å². The van der Waals surface area contributed by atoms with Gasteiger partial charge in [0, 0.05) is 11.2 Å². The molecule has 4 N–H and O–H groups in total. The Balaban J connectivity index is 3.01. The second kappa shape index (κ2) is 3.38. The third kappa shape index (κ3) is 2.01. The van der Waals surface area contributed by atoms with Crippen LogP contribution in [0, 0.1) is 5.92 Å². The van der Waals surface area contributed by atoms with Crippen LogP contribution in [-0.2, 0) is 5.54 Å². The van der Waals surface area contributed by atoms with Crippen LogP contribution in [0.5, 0.6) is 0 Å². The molecule has 2 nitrogen and oxygen atoms in total. The average Bonchev–Trinajstić information content (AvgIpc) is 2.04. The van der Waals surface area contributed by atoms with E-state index >= 15 is 0 Å². The third-order valence-corrected chi connectivity index (χ3v) is 2.73. The highest BCUT2D eigenvalue weighted by atomic mass is 14.7. The summed E-state index contributed by atoms with van der Waals surface area (Å²) in [5.74, 6) is 0.413. The van der Waals surface area contributed by atoms with Gasteiger partial charge in [-0.3, -0.25) is 0 Å². The first-order valence-corrected chi connectivity index (χ1v) is 4.59. The van der Waals surface area contributed by atoms with Crippen LogP contribution in [0.3, 0.4) is 0 Å². The predicted molar refractivity (Wildman–Crippen MR) is 57.2 cm³/mol. The zero-order valence-electron chi connectivity index (χ0n) is 8.54. The lowest BCUT2D eigenvalue weighted by molar-refractivity contribution is 0.350. The van der Waals surface area contributed by atoms with Crippen molar-refractivity contribution in [2.45, 2.75) is 26.3 Å². The monoisotopic (exact) mass is 178 g/mol. The Morgan fingerprint density at radius 1 is 1.15 bits per heavy atom. The highest BCUT2D eigenvalue weighted by Gasteiger charge is 2.24. The van der Waals surface area contributed by atoms with E-state index in [1.54, 1.807) is 0 Å². The molecular weight excluding hydrogens is 160 g/mol. The number of hydrogen-bond donors (Lipinski definition) is 2. The van der Waals surface area contributed by atoms with Crippen molar-refractivity contribution in [2.24, 2.45) is 11.7 Å². The molecule has 0 aliphatic heterocycles. The van der Waals surface area contributed by atoms with E-state index in [1.165, 1.54) is 0 Å². The molecule has 0 fully saturated rings. The normalized spacial score (nSPS) is 15.8. The van der Waals surface area contributed by atoms with Gasteiger partial charge in [0.25, 0.3) is 0 Å². The molecule has 0 aromatic heterocycles. The molecule has 0 radical (unpaired) electrons. The first-order valence-electron chi connectivity index (χ1n) is 4.59. The van der Waals surface area contributed by atoms with Crippen LogP contribution in [0.4, 0.5) is 5.69 Å². The number of anilines is 1. The van der Waals surface area contributed by atoms with Gasteiger partial charge in [-0.2, -0.15) is 0 Å². The Labute approximate surface area is 79.9 Å². The molecule has 1 aromatic rings. The smallest absolute Gasteiger partial charge is 0.0404 e. The maximum Gasteiger partial charge on any atom is 0.0404 e. The van der Waals surface area contributed by atoms with E-state index in [2.05, 4.69) is 13.8 Å². The fraction of sp³-hybridized carbons (Fsp3) is 0.455. The predicted octanol–water partition coefficient (Wildman–Crippen LogP) is 2.10. The Kier molecular flexibility index (Phi) is 2.62. The van der Waals surface area contributed by atoms with Crippen LogP contribution < -0.4 is 11.5 Å². The minimum absolute atomic E-state index is 0.270. The lowest BCUT2D eigenvalue weighted by Crippen LogP contribution is -2.38. The van der Waals surface area contributed by atoms with Crippen LogP contribution in [0.25, 0.3) is 0 Å². The number of rotatable bonds is 2. The van der Waals surface area contributed by atoms with Gasteiger partial charge >= 0.3 is 0 Å². The van der Waals surface area contributed by atoms with Gasteiger partial charge in [0.2, 0.25) is 0 Å². The standard InChI is InChI=1S/C11H18N2/c1-8(2)11(3,13)9-4-6-10(12)7-5-9/h4-8H,12-13H2,1-3H3. The van der Waals surface area contributed by atoms with Gasteiger partial charge in [-0.25, -0.2) is 0 Å². The Hall–Kier alpha value is -1.02. The average molecular weight is 178 g/mol. The minimum atomic E-state index is -0.270. The molecule has 13 heavy (non-hydrogen) atoms. The lowest BCUT2D eigenvalue weighted by atomic mass is 9.83. The fourth-order valence-corrected chi connectivity index (χ4v) is 1.18. The fourth-order valence-electron chi connectivity index (χ4n) is 1.18. The molecule has 1 aromatic carbocycles. The number of hydrogen-bond acceptors (Lipinski definition) is 2. The van der Waals surface area contributed by atoms with Crippen LogP contribution >= 0.6 is 0 Å². The van der Waals surface area contributed by atoms with Crippen molar-refractivity contribution >= 4 is 5.69 Å². The minimum Gasteiger partial charge on any atom is -0.399 e. The second-order valence-corrected chi connectivity index (χ2v) is 4.06. The van der Waals surface area contributed by atoms with Crippen molar-refractivity contribution in [2.75, 3.05) is 5.73 Å². The Morgan fingerprint density at radius 2 is 1.62 bits per heavy atom. The third-order valence-electron chi connectivity index (χ3n) is 2.73. The van der Waals surface area contributed by atoms with Gasteiger partial charge in [0.15, 0.2) is 0 Å². The molecule has 0 saturated heterocycles. The van der Waals surface area contributed by atoms with Gasteiger partial charge in [0.1, 0.15) is 0 Å². The Morgan fingerprint density at radius 3 is 2.00 bits per heavy atom. The lowest BCUT2D eigenvalue weighted by Gasteiger charge is -2.29. The summed E-state index contributed by atoms with van der Waals surface area (Å²) in [4.78, 5) is 0. The van der Waals surface area contributed by atoms with Gasteiger partial charge in [0.05, 0.1) is 0 Å². The van der Waals surface area contributed by atoms with E-state index in [0.717, 1.165) is 11.3 Å². The summed E-state index contributed by atoms with van der Waals surface area (Å²) in [6, 6.07) is 7.77. The van der Waals surface area contributed by atoms with Crippen LogP contribution in [-0.4, -0.2) is 0 Å². The molecule has 1 unspecified atom stereocenters. The van der Waals surface area contributed by atoms with Crippen LogP contribution in [0.2, 0.25) is 0 Å². The maximum absolute atomic E-state index is 6.19. The molecule has 0 aliphatic rings. The molecule has 0 saturated carbocycles. The van der Waals surface area contributed by atoms with Crippen LogP contribution in [0.1, 0.15) is 26.3 Å². The second-order valence-electron chi connectivity index (χ2n) is 4.06. The number of nitrogen functional groups attached to an aromatic ring is 1. The molecule has 0 heterocycles. The van der Waals surface area contributed by atoms with Crippen molar-refractivity contribution < 1.29 is 0 Å². The van der Waals surface area contributed by atoms with E-state index in [0.29, 0.717) is 5.92 Å². The van der Waals surface area contributed by atoms with E-state index in [-0.39, 0.29) is 5.54 Å². The number of nitrogens with two attached hydrogens (primary N) is 2. The molecule has 1 rings (SSSR count). The molecule has 72 valence electrons. The molecule has 0 aliphatic carbocycles. The summed E-state index contributed by atoms with van der Waals surface area (Å²) in [6.07, 6.45) is 0. The zero-order chi connectivity index (χ0) is 10.1. The van der Waals surface area contributed by atoms with Gasteiger partial charge in [-0.05, 0) is 30.5 Å². The zero-order valence-corrected chi connectivity index (χ0v) is 8.54. The molecule has 1 atom stereocenters. The van der Waals surface area contributed by atoms with Gasteiger partial charge < -0.3 is 11.5 Å². The first-order chi connectivity index (χ1) is 5.94. The highest BCUT2D eigenvalue weighted by Crippen LogP contribution is 2.26. The van der Waals surface area contributed by atoms with Crippen molar-refractivity contribution in [3.8, 4) is 0 Å². The largest absolute Gasteiger partial charge is 0.399 e. The summed E-state index contributed by atoms with van der Waals surface area (Å²) in [6.45, 7) is 6.29. The highest BCUT2D eigenvalue weighted by molar-refractivity contribution is 5.41. The van der Waals surface area contributed by atoms with E-state index in [1.807, 2.05) is 31.2 Å². The van der Waals surface area contributed by atoms with Gasteiger partial charge in [-0.15, -0.1) is 0 Å². The molecule has 2 heteroatoms. The summed E-state index contributed by atoms with van der Waals surface area (Å²) < 4.78 is 0.